The molecule has 0 atom stereocenters. The van der Waals surface area contributed by atoms with Crippen LogP contribution in [0.4, 0.5) is 0 Å². The Morgan fingerprint density at radius 1 is 0.941 bits per heavy atom. The van der Waals surface area contributed by atoms with Gasteiger partial charge >= 0.3 is 26.2 Å². The minimum absolute atomic E-state index is 0. The van der Waals surface area contributed by atoms with Gasteiger partial charge in [0, 0.05) is 5.75 Å². The van der Waals surface area contributed by atoms with Crippen LogP contribution in [0.1, 0.15) is 84.1 Å². The van der Waals surface area contributed by atoms with Crippen molar-refractivity contribution >= 4 is 0 Å². The molecule has 0 saturated carbocycles. The molecule has 0 fully saturated rings. The van der Waals surface area contributed by atoms with Crippen molar-refractivity contribution in [3.63, 3.8) is 0 Å². The summed E-state index contributed by atoms with van der Waals surface area (Å²) in [5, 5.41) is 0. The zero-order valence-corrected chi connectivity index (χ0v) is 26.2. The Morgan fingerprint density at radius 2 is 1.56 bits per heavy atom. The van der Waals surface area contributed by atoms with Gasteiger partial charge in [-0.15, -0.1) is 18.1 Å². The molecule has 186 valence electrons. The number of hydrogen-bond acceptors (Lipinski definition) is 1. The Labute approximate surface area is 240 Å². The summed E-state index contributed by atoms with van der Waals surface area (Å²) in [7, 11) is 1.77. The van der Waals surface area contributed by atoms with E-state index in [1.54, 1.807) is 7.11 Å². The SMILES string of the molecule is COc1cc(C(C)(C)C)[c-]c2c1-c1ccc(C(C)(C)C)cc1C2.C[CH-]C.[C-]1=CC=CC1.[Cl-].[Cl-].[Zr+2]. The topological polar surface area (TPSA) is 9.23 Å². The van der Waals surface area contributed by atoms with Gasteiger partial charge in [-0.25, -0.2) is 12.2 Å². The van der Waals surface area contributed by atoms with E-state index in [-0.39, 0.29) is 61.8 Å². The molecule has 34 heavy (non-hydrogen) atoms. The minimum atomic E-state index is 0. The maximum Gasteiger partial charge on any atom is 2.00 e. The van der Waals surface area contributed by atoms with Crippen molar-refractivity contribution in [2.24, 2.45) is 0 Å². The van der Waals surface area contributed by atoms with Gasteiger partial charge in [0.1, 0.15) is 0 Å². The summed E-state index contributed by atoms with van der Waals surface area (Å²) in [5.74, 6) is 0.978. The molecular weight excluding hydrogens is 538 g/mol. The van der Waals surface area contributed by atoms with Crippen LogP contribution >= 0.6 is 0 Å². The molecule has 1 nitrogen and oxygen atoms in total. The fraction of sp³-hybridized carbons (Fsp3) is 0.433. The Hall–Kier alpha value is -0.817. The molecule has 0 heterocycles. The molecule has 2 aliphatic rings. The molecule has 0 amide bonds. The number of ether oxygens (including phenoxy) is 1. The van der Waals surface area contributed by atoms with Gasteiger partial charge in [-0.05, 0) is 28.4 Å². The van der Waals surface area contributed by atoms with Gasteiger partial charge in [0.25, 0.3) is 0 Å². The quantitative estimate of drug-likeness (QED) is 0.403. The van der Waals surface area contributed by atoms with Crippen LogP contribution in [0.15, 0.2) is 42.5 Å². The van der Waals surface area contributed by atoms with Crippen molar-refractivity contribution in [2.75, 3.05) is 7.11 Å². The van der Waals surface area contributed by atoms with E-state index in [2.05, 4.69) is 84.0 Å². The maximum atomic E-state index is 5.73. The molecule has 0 aliphatic heterocycles. The number of methoxy groups -OCH3 is 1. The van der Waals surface area contributed by atoms with Gasteiger partial charge < -0.3 is 36.0 Å². The van der Waals surface area contributed by atoms with E-state index in [1.807, 2.05) is 32.4 Å². The average molecular weight is 578 g/mol. The Kier molecular flexibility index (Phi) is 15.9. The molecule has 0 spiro atoms. The van der Waals surface area contributed by atoms with Crippen molar-refractivity contribution in [2.45, 2.75) is 79.1 Å². The van der Waals surface area contributed by atoms with E-state index >= 15 is 0 Å². The first-order valence-corrected chi connectivity index (χ1v) is 11.3. The summed E-state index contributed by atoms with van der Waals surface area (Å²) >= 11 is 0. The first-order chi connectivity index (χ1) is 14.5. The third-order valence-corrected chi connectivity index (χ3v) is 5.33. The Bertz CT molecular complexity index is 937. The van der Waals surface area contributed by atoms with Crippen LogP contribution in [0.25, 0.3) is 11.1 Å². The third-order valence-electron chi connectivity index (χ3n) is 5.33. The van der Waals surface area contributed by atoms with Crippen molar-refractivity contribution < 1.29 is 55.8 Å². The van der Waals surface area contributed by atoms with Crippen molar-refractivity contribution in [3.05, 3.63) is 83.3 Å². The van der Waals surface area contributed by atoms with Gasteiger partial charge in [-0.2, -0.15) is 31.6 Å². The Morgan fingerprint density at radius 3 is 1.97 bits per heavy atom. The predicted molar refractivity (Wildman–Crippen MR) is 135 cm³/mol. The molecule has 0 bridgehead atoms. The molecule has 0 aromatic heterocycles. The minimum Gasteiger partial charge on any atom is -1.00 e. The first kappa shape index (κ1) is 35.3. The monoisotopic (exact) mass is 575 g/mol. The van der Waals surface area contributed by atoms with E-state index in [9.17, 15) is 0 Å². The third kappa shape index (κ3) is 9.33. The predicted octanol–water partition coefficient (Wildman–Crippen LogP) is 2.20. The largest absolute Gasteiger partial charge is 2.00 e. The van der Waals surface area contributed by atoms with Crippen LogP contribution in [-0.4, -0.2) is 7.11 Å². The first-order valence-electron chi connectivity index (χ1n) is 11.3. The molecule has 2 aliphatic carbocycles. The second-order valence-electron chi connectivity index (χ2n) is 10.2. The molecule has 0 N–H and O–H groups in total. The van der Waals surface area contributed by atoms with E-state index < -0.39 is 0 Å². The standard InChI is InChI=1S/C22H27O.C5H5.C3H7.2ClH.Zr/c1-21(2,3)16-8-9-18-14(11-16)10-15-12-17(22(4,5)6)13-19(23-7)20(15)18;1-2-4-5-3-1;1-3-2;;;/h8-9,11,13H,10H2,1-7H3;1-3H,4H2;3H,1-2H3;2*1H;/q3*-1;;;+2/p-2. The molecule has 2 aromatic carbocycles. The van der Waals surface area contributed by atoms with Gasteiger partial charge in [-0.3, -0.25) is 6.08 Å². The van der Waals surface area contributed by atoms with E-state index in [4.69, 9.17) is 4.74 Å². The summed E-state index contributed by atoms with van der Waals surface area (Å²) in [6, 6.07) is 12.7. The molecule has 4 rings (SSSR count). The zero-order chi connectivity index (χ0) is 23.2. The molecule has 2 aromatic rings. The number of halogens is 2. The number of rotatable bonds is 1. The van der Waals surface area contributed by atoms with Crippen LogP contribution in [-0.2, 0) is 43.5 Å². The van der Waals surface area contributed by atoms with Crippen molar-refractivity contribution in [1.82, 2.24) is 0 Å². The summed E-state index contributed by atoms with van der Waals surface area (Å²) in [4.78, 5) is 0. The summed E-state index contributed by atoms with van der Waals surface area (Å²) in [5.41, 5.74) is 8.07. The van der Waals surface area contributed by atoms with Crippen molar-refractivity contribution in [1.29, 1.82) is 0 Å². The summed E-state index contributed by atoms with van der Waals surface area (Å²) < 4.78 is 5.73. The fourth-order valence-corrected chi connectivity index (χ4v) is 3.59. The van der Waals surface area contributed by atoms with Gasteiger partial charge in [0.2, 0.25) is 0 Å². The maximum absolute atomic E-state index is 5.73. The second-order valence-corrected chi connectivity index (χ2v) is 10.2. The molecule has 0 unspecified atom stereocenters. The summed E-state index contributed by atoms with van der Waals surface area (Å²) in [6.45, 7) is 17.5. The van der Waals surface area contributed by atoms with Gasteiger partial charge in [0.05, 0.1) is 7.11 Å². The molecular formula is C30H39Cl2OZr-3. The number of benzene rings is 2. The number of fused-ring (bicyclic) bond motifs is 3. The summed E-state index contributed by atoms with van der Waals surface area (Å²) in [6.07, 6.45) is 13.0. The van der Waals surface area contributed by atoms with E-state index in [0.29, 0.717) is 0 Å². The Balaban J connectivity index is 0. The van der Waals surface area contributed by atoms with Crippen molar-refractivity contribution in [3.8, 4) is 16.9 Å². The second kappa shape index (κ2) is 15.3. The van der Waals surface area contributed by atoms with Crippen LogP contribution in [0, 0.1) is 18.6 Å². The van der Waals surface area contributed by atoms with E-state index in [1.165, 1.54) is 33.4 Å². The smallest absolute Gasteiger partial charge is 1.00 e. The van der Waals surface area contributed by atoms with Gasteiger partial charge in [0.15, 0.2) is 0 Å². The van der Waals surface area contributed by atoms with Gasteiger partial charge in [-0.1, -0.05) is 70.9 Å². The van der Waals surface area contributed by atoms with Crippen LogP contribution in [0.5, 0.6) is 5.75 Å². The average Bonchev–Trinajstić information content (AvgIpc) is 3.37. The normalized spacial score (nSPS) is 12.4. The zero-order valence-electron chi connectivity index (χ0n) is 22.2. The molecule has 0 saturated heterocycles. The van der Waals surface area contributed by atoms with E-state index in [0.717, 1.165) is 18.6 Å². The molecule has 0 radical (unpaired) electrons. The molecule has 4 heteroatoms. The number of hydrogen-bond donors (Lipinski definition) is 0. The van der Waals surface area contributed by atoms with Crippen LogP contribution in [0.3, 0.4) is 0 Å². The van der Waals surface area contributed by atoms with Crippen LogP contribution in [0.2, 0.25) is 0 Å². The van der Waals surface area contributed by atoms with Crippen LogP contribution < -0.4 is 29.6 Å². The number of allylic oxidation sites excluding steroid dienone is 4. The fourth-order valence-electron chi connectivity index (χ4n) is 3.59.